The van der Waals surface area contributed by atoms with Gasteiger partial charge in [0.2, 0.25) is 0 Å². The molecule has 1 N–H and O–H groups in total. The minimum Gasteiger partial charge on any atom is -0.392 e. The highest BCUT2D eigenvalue weighted by molar-refractivity contribution is 5.06. The van der Waals surface area contributed by atoms with Crippen LogP contribution in [0.5, 0.6) is 0 Å². The minimum atomic E-state index is -0.188. The Hall–Kier alpha value is -0.340. The van der Waals surface area contributed by atoms with Crippen molar-refractivity contribution in [1.82, 2.24) is 0 Å². The van der Waals surface area contributed by atoms with Crippen LogP contribution in [0, 0.1) is 17.8 Å². The molecule has 1 heterocycles. The van der Waals surface area contributed by atoms with E-state index in [9.17, 15) is 5.11 Å². The number of hydrogen-bond donors (Lipinski definition) is 1. The largest absolute Gasteiger partial charge is 0.392 e. The van der Waals surface area contributed by atoms with Crippen molar-refractivity contribution in [1.29, 1.82) is 0 Å². The van der Waals surface area contributed by atoms with Crippen molar-refractivity contribution in [3.8, 4) is 0 Å². The molecule has 2 aliphatic rings. The second-order valence-electron chi connectivity index (χ2n) is 3.60. The first-order valence-corrected chi connectivity index (χ1v) is 4.23. The van der Waals surface area contributed by atoms with Crippen LogP contribution in [0.15, 0.2) is 12.2 Å². The Balaban J connectivity index is 2.17. The van der Waals surface area contributed by atoms with Crippen LogP contribution in [0.3, 0.4) is 0 Å². The fraction of sp³-hybridized carbons (Fsp3) is 0.778. The molecule has 1 aliphatic carbocycles. The molecule has 0 spiro atoms. The van der Waals surface area contributed by atoms with E-state index in [0.717, 1.165) is 13.2 Å². The summed E-state index contributed by atoms with van der Waals surface area (Å²) < 4.78 is 5.30. The Morgan fingerprint density at radius 3 is 3.00 bits per heavy atom. The van der Waals surface area contributed by atoms with Crippen LogP contribution < -0.4 is 0 Å². The van der Waals surface area contributed by atoms with E-state index in [1.807, 2.05) is 0 Å². The van der Waals surface area contributed by atoms with Crippen LogP contribution in [-0.4, -0.2) is 24.4 Å². The van der Waals surface area contributed by atoms with Crippen molar-refractivity contribution in [3.63, 3.8) is 0 Å². The maximum atomic E-state index is 9.72. The molecule has 2 heteroatoms. The second kappa shape index (κ2) is 2.61. The van der Waals surface area contributed by atoms with Gasteiger partial charge in [-0.25, -0.2) is 0 Å². The maximum Gasteiger partial charge on any atom is 0.0656 e. The van der Waals surface area contributed by atoms with Crippen molar-refractivity contribution in [3.05, 3.63) is 12.2 Å². The van der Waals surface area contributed by atoms with E-state index in [1.54, 1.807) is 0 Å². The quantitative estimate of drug-likeness (QED) is 0.523. The van der Waals surface area contributed by atoms with E-state index in [4.69, 9.17) is 4.74 Å². The van der Waals surface area contributed by atoms with Gasteiger partial charge in [-0.15, -0.1) is 0 Å². The third kappa shape index (κ3) is 1.10. The fourth-order valence-electron chi connectivity index (χ4n) is 1.96. The fourth-order valence-corrected chi connectivity index (χ4v) is 1.96. The zero-order chi connectivity index (χ0) is 7.84. The van der Waals surface area contributed by atoms with Crippen molar-refractivity contribution < 1.29 is 9.84 Å². The summed E-state index contributed by atoms with van der Waals surface area (Å²) in [6, 6.07) is 0. The molecule has 2 rings (SSSR count). The summed E-state index contributed by atoms with van der Waals surface area (Å²) >= 11 is 0. The molecule has 0 bridgehead atoms. The van der Waals surface area contributed by atoms with E-state index >= 15 is 0 Å². The average molecular weight is 154 g/mol. The highest BCUT2D eigenvalue weighted by atomic mass is 16.5. The first-order valence-electron chi connectivity index (χ1n) is 4.23. The molecule has 4 atom stereocenters. The molecule has 1 aliphatic heterocycles. The molecular formula is C9H14O2. The Bertz CT molecular complexity index is 176. The van der Waals surface area contributed by atoms with Gasteiger partial charge in [0, 0.05) is 17.8 Å². The molecule has 0 saturated carbocycles. The first-order chi connectivity index (χ1) is 5.29. The third-order valence-electron chi connectivity index (χ3n) is 2.81. The van der Waals surface area contributed by atoms with Crippen LogP contribution in [0.4, 0.5) is 0 Å². The van der Waals surface area contributed by atoms with Gasteiger partial charge in [0.25, 0.3) is 0 Å². The van der Waals surface area contributed by atoms with Crippen molar-refractivity contribution >= 4 is 0 Å². The Labute approximate surface area is 66.9 Å². The van der Waals surface area contributed by atoms with Crippen LogP contribution in [-0.2, 0) is 4.74 Å². The Kier molecular flexibility index (Phi) is 1.74. The van der Waals surface area contributed by atoms with Gasteiger partial charge in [-0.1, -0.05) is 19.1 Å². The highest BCUT2D eigenvalue weighted by Gasteiger charge is 2.36. The van der Waals surface area contributed by atoms with E-state index in [1.165, 1.54) is 0 Å². The summed E-state index contributed by atoms with van der Waals surface area (Å²) in [5.41, 5.74) is 0. The molecule has 0 aromatic rings. The summed E-state index contributed by atoms with van der Waals surface area (Å²) in [6.07, 6.45) is 4.10. The van der Waals surface area contributed by atoms with Crippen molar-refractivity contribution in [2.24, 2.45) is 17.8 Å². The average Bonchev–Trinajstić information content (AvgIpc) is 2.45. The summed E-state index contributed by atoms with van der Waals surface area (Å²) in [5.74, 6) is 1.13. The highest BCUT2D eigenvalue weighted by Crippen LogP contribution is 2.33. The van der Waals surface area contributed by atoms with Crippen molar-refractivity contribution in [2.75, 3.05) is 13.2 Å². The summed E-state index contributed by atoms with van der Waals surface area (Å²) in [5, 5.41) is 9.72. The van der Waals surface area contributed by atoms with E-state index in [0.29, 0.717) is 17.8 Å². The first kappa shape index (κ1) is 7.32. The van der Waals surface area contributed by atoms with Crippen LogP contribution in [0.25, 0.3) is 0 Å². The molecule has 0 aromatic carbocycles. The van der Waals surface area contributed by atoms with Gasteiger partial charge < -0.3 is 9.84 Å². The van der Waals surface area contributed by atoms with Gasteiger partial charge in [-0.05, 0) is 0 Å². The molecule has 2 nitrogen and oxygen atoms in total. The molecular weight excluding hydrogens is 140 g/mol. The molecule has 1 fully saturated rings. The summed E-state index contributed by atoms with van der Waals surface area (Å²) in [7, 11) is 0. The van der Waals surface area contributed by atoms with Gasteiger partial charge in [0.15, 0.2) is 0 Å². The number of rotatable bonds is 0. The van der Waals surface area contributed by atoms with Crippen LogP contribution >= 0.6 is 0 Å². The van der Waals surface area contributed by atoms with Gasteiger partial charge in [-0.2, -0.15) is 0 Å². The summed E-state index contributed by atoms with van der Waals surface area (Å²) in [6.45, 7) is 3.58. The van der Waals surface area contributed by atoms with Gasteiger partial charge in [-0.3, -0.25) is 0 Å². The monoisotopic (exact) mass is 154 g/mol. The lowest BCUT2D eigenvalue weighted by atomic mass is 9.79. The Morgan fingerprint density at radius 1 is 1.36 bits per heavy atom. The molecule has 62 valence electrons. The van der Waals surface area contributed by atoms with Crippen molar-refractivity contribution in [2.45, 2.75) is 13.0 Å². The SMILES string of the molecule is C[C@@H]1C=C[C@@H]2COC[C@H]2[C@@H]1O. The number of ether oxygens (including phenoxy) is 1. The maximum absolute atomic E-state index is 9.72. The Morgan fingerprint density at radius 2 is 2.18 bits per heavy atom. The smallest absolute Gasteiger partial charge is 0.0656 e. The predicted octanol–water partition coefficient (Wildman–Crippen LogP) is 0.816. The lowest BCUT2D eigenvalue weighted by molar-refractivity contribution is 0.0527. The molecule has 1 saturated heterocycles. The lowest BCUT2D eigenvalue weighted by Gasteiger charge is -2.28. The van der Waals surface area contributed by atoms with Gasteiger partial charge in [0.05, 0.1) is 19.3 Å². The van der Waals surface area contributed by atoms with Crippen LogP contribution in [0.2, 0.25) is 0 Å². The standard InChI is InChI=1S/C9H14O2/c1-6-2-3-7-4-11-5-8(7)9(6)10/h2-3,6-10H,4-5H2,1H3/t6-,7-,8-,9-/m1/s1. The van der Waals surface area contributed by atoms with E-state index < -0.39 is 0 Å². The predicted molar refractivity (Wildman–Crippen MR) is 42.1 cm³/mol. The summed E-state index contributed by atoms with van der Waals surface area (Å²) in [4.78, 5) is 0. The normalized spacial score (nSPS) is 49.3. The zero-order valence-corrected chi connectivity index (χ0v) is 6.73. The third-order valence-corrected chi connectivity index (χ3v) is 2.81. The molecule has 0 aromatic heterocycles. The molecule has 0 radical (unpaired) electrons. The second-order valence-corrected chi connectivity index (χ2v) is 3.60. The number of aliphatic hydroxyl groups is 1. The minimum absolute atomic E-state index is 0.188. The molecule has 11 heavy (non-hydrogen) atoms. The zero-order valence-electron chi connectivity index (χ0n) is 6.73. The van der Waals surface area contributed by atoms with Gasteiger partial charge in [0.1, 0.15) is 0 Å². The molecule has 0 unspecified atom stereocenters. The number of fused-ring (bicyclic) bond motifs is 1. The number of hydrogen-bond acceptors (Lipinski definition) is 2. The van der Waals surface area contributed by atoms with Crippen LogP contribution in [0.1, 0.15) is 6.92 Å². The van der Waals surface area contributed by atoms with E-state index in [2.05, 4.69) is 19.1 Å². The topological polar surface area (TPSA) is 29.5 Å². The van der Waals surface area contributed by atoms with E-state index in [-0.39, 0.29) is 6.10 Å². The molecule has 0 amide bonds. The lowest BCUT2D eigenvalue weighted by Crippen LogP contribution is -2.34. The number of aliphatic hydroxyl groups excluding tert-OH is 1. The van der Waals surface area contributed by atoms with Gasteiger partial charge >= 0.3 is 0 Å².